The molecule has 0 N–H and O–H groups in total. The van der Waals surface area contributed by atoms with Crippen molar-refractivity contribution in [2.45, 2.75) is 70.7 Å². The average molecular weight is 512 g/mol. The molecule has 194 valence electrons. The van der Waals surface area contributed by atoms with Gasteiger partial charge in [-0.05, 0) is 66.9 Å². The molecule has 2 atom stereocenters. The van der Waals surface area contributed by atoms with Gasteiger partial charge in [-0.1, -0.05) is 76.4 Å². The highest BCUT2D eigenvalue weighted by Crippen LogP contribution is 2.43. The number of para-hydroxylation sites is 1. The Kier molecular flexibility index (Phi) is 8.58. The Morgan fingerprint density at radius 1 is 1.09 bits per heavy atom. The van der Waals surface area contributed by atoms with E-state index in [-0.39, 0.29) is 11.2 Å². The van der Waals surface area contributed by atoms with Crippen molar-refractivity contribution in [3.8, 4) is 16.9 Å². The smallest absolute Gasteiger partial charge is 0.375 e. The minimum atomic E-state index is -5.77. The second-order valence-corrected chi connectivity index (χ2v) is 11.5. The first-order valence-corrected chi connectivity index (χ1v) is 13.7. The third-order valence-corrected chi connectivity index (χ3v) is 8.42. The van der Waals surface area contributed by atoms with E-state index in [2.05, 4.69) is 35.9 Å². The highest BCUT2D eigenvalue weighted by Gasteiger charge is 2.49. The summed E-state index contributed by atoms with van der Waals surface area (Å²) < 4.78 is 66.8. The molecule has 8 heteroatoms. The fourth-order valence-electron chi connectivity index (χ4n) is 4.91. The van der Waals surface area contributed by atoms with Gasteiger partial charge < -0.3 is 9.08 Å². The summed E-state index contributed by atoms with van der Waals surface area (Å²) in [5.41, 5.74) is -2.67. The molecule has 0 spiro atoms. The second-order valence-electron chi connectivity index (χ2n) is 9.94. The Balaban J connectivity index is 1.88. The Bertz CT molecular complexity index is 1120. The molecule has 0 aromatic heterocycles. The molecular weight excluding hydrogens is 475 g/mol. The van der Waals surface area contributed by atoms with Crippen LogP contribution in [0.1, 0.15) is 64.0 Å². The quantitative estimate of drug-likeness (QED) is 0.205. The van der Waals surface area contributed by atoms with Gasteiger partial charge in [0.15, 0.2) is 5.75 Å². The number of unbranched alkanes of at least 4 members (excludes halogenated alkanes) is 3. The standard InChI is InChI=1S/C27H36F3NO3S/c1-5-6-7-10-16-31-17-15-26(4,21(3)19-31)22-14-13-20(2)24(18-22)23-11-8-9-12-25(23)34-35(32,33)27(28,29)30/h8-9,11-14,18,21H,5-7,10,15-17,19H2,1-4H3. The lowest BCUT2D eigenvalue weighted by atomic mass is 9.67. The summed E-state index contributed by atoms with van der Waals surface area (Å²) in [4.78, 5) is 2.53. The van der Waals surface area contributed by atoms with Crippen molar-refractivity contribution in [2.75, 3.05) is 19.6 Å². The van der Waals surface area contributed by atoms with Crippen LogP contribution in [0.5, 0.6) is 5.75 Å². The first-order valence-electron chi connectivity index (χ1n) is 12.3. The van der Waals surface area contributed by atoms with Crippen LogP contribution in [-0.2, 0) is 15.5 Å². The van der Waals surface area contributed by atoms with Gasteiger partial charge in [-0.15, -0.1) is 0 Å². The topological polar surface area (TPSA) is 46.6 Å². The Morgan fingerprint density at radius 2 is 1.80 bits per heavy atom. The first kappa shape index (κ1) is 27.5. The number of alkyl halides is 3. The lowest BCUT2D eigenvalue weighted by molar-refractivity contribution is -0.0499. The van der Waals surface area contributed by atoms with Crippen molar-refractivity contribution in [3.63, 3.8) is 0 Å². The van der Waals surface area contributed by atoms with Crippen molar-refractivity contribution in [1.29, 1.82) is 0 Å². The maximum atomic E-state index is 13.0. The zero-order valence-electron chi connectivity index (χ0n) is 21.0. The fraction of sp³-hybridized carbons (Fsp3) is 0.556. The molecule has 0 radical (unpaired) electrons. The van der Waals surface area contributed by atoms with Crippen LogP contribution < -0.4 is 4.18 Å². The number of halogens is 3. The van der Waals surface area contributed by atoms with Crippen molar-refractivity contribution in [3.05, 3.63) is 53.6 Å². The number of likely N-dealkylation sites (tertiary alicyclic amines) is 1. The maximum absolute atomic E-state index is 13.0. The van der Waals surface area contributed by atoms with Gasteiger partial charge in [-0.25, -0.2) is 0 Å². The van der Waals surface area contributed by atoms with E-state index in [4.69, 9.17) is 0 Å². The molecule has 3 rings (SSSR count). The first-order chi connectivity index (χ1) is 16.4. The minimum Gasteiger partial charge on any atom is -0.375 e. The van der Waals surface area contributed by atoms with E-state index >= 15 is 0 Å². The number of rotatable bonds is 9. The Morgan fingerprint density at radius 3 is 2.46 bits per heavy atom. The van der Waals surface area contributed by atoms with Gasteiger partial charge in [0.05, 0.1) is 0 Å². The van der Waals surface area contributed by atoms with Gasteiger partial charge in [0, 0.05) is 12.1 Å². The maximum Gasteiger partial charge on any atom is 0.534 e. The van der Waals surface area contributed by atoms with Crippen LogP contribution >= 0.6 is 0 Å². The van der Waals surface area contributed by atoms with Crippen LogP contribution in [0.3, 0.4) is 0 Å². The lowest BCUT2D eigenvalue weighted by Gasteiger charge is -2.45. The fourth-order valence-corrected chi connectivity index (χ4v) is 5.38. The largest absolute Gasteiger partial charge is 0.534 e. The van der Waals surface area contributed by atoms with Crippen molar-refractivity contribution >= 4 is 10.1 Å². The van der Waals surface area contributed by atoms with Crippen LogP contribution in [0.15, 0.2) is 42.5 Å². The molecule has 1 fully saturated rings. The van der Waals surface area contributed by atoms with Crippen molar-refractivity contribution in [2.24, 2.45) is 5.92 Å². The predicted molar refractivity (Wildman–Crippen MR) is 134 cm³/mol. The van der Waals surface area contributed by atoms with Gasteiger partial charge in [-0.3, -0.25) is 0 Å². The van der Waals surface area contributed by atoms with Gasteiger partial charge in [0.2, 0.25) is 0 Å². The molecule has 2 unspecified atom stereocenters. The van der Waals surface area contributed by atoms with Crippen molar-refractivity contribution < 1.29 is 25.8 Å². The van der Waals surface area contributed by atoms with Crippen LogP contribution in [-0.4, -0.2) is 38.5 Å². The Hall–Kier alpha value is -2.06. The van der Waals surface area contributed by atoms with E-state index in [1.165, 1.54) is 37.8 Å². The molecule has 1 saturated heterocycles. The minimum absolute atomic E-state index is 0.101. The van der Waals surface area contributed by atoms with E-state index in [0.717, 1.165) is 37.2 Å². The molecule has 0 amide bonds. The highest BCUT2D eigenvalue weighted by atomic mass is 32.2. The normalized spacial score (nSPS) is 21.7. The molecule has 1 heterocycles. The van der Waals surface area contributed by atoms with E-state index in [0.29, 0.717) is 17.0 Å². The van der Waals surface area contributed by atoms with E-state index in [1.54, 1.807) is 12.1 Å². The van der Waals surface area contributed by atoms with E-state index in [9.17, 15) is 21.6 Å². The number of hydrogen-bond acceptors (Lipinski definition) is 4. The van der Waals surface area contributed by atoms with Crippen LogP contribution in [0.25, 0.3) is 11.1 Å². The average Bonchev–Trinajstić information content (AvgIpc) is 2.79. The van der Waals surface area contributed by atoms with Gasteiger partial charge >= 0.3 is 15.6 Å². The SMILES string of the molecule is CCCCCCN1CCC(C)(c2ccc(C)c(-c3ccccc3OS(=O)(=O)C(F)(F)F)c2)C(C)C1. The summed E-state index contributed by atoms with van der Waals surface area (Å²) >= 11 is 0. The molecular formula is C27H36F3NO3S. The molecule has 2 aromatic rings. The third-order valence-electron chi connectivity index (χ3n) is 7.45. The van der Waals surface area contributed by atoms with Crippen molar-refractivity contribution in [1.82, 2.24) is 4.90 Å². The summed E-state index contributed by atoms with van der Waals surface area (Å²) in [6.07, 6.45) is 5.93. The van der Waals surface area contributed by atoms with Gasteiger partial charge in [0.25, 0.3) is 0 Å². The van der Waals surface area contributed by atoms with Crippen LogP contribution in [0, 0.1) is 12.8 Å². The molecule has 35 heavy (non-hydrogen) atoms. The van der Waals surface area contributed by atoms with E-state index < -0.39 is 15.6 Å². The number of nitrogens with zero attached hydrogens (tertiary/aromatic N) is 1. The number of hydrogen-bond donors (Lipinski definition) is 0. The lowest BCUT2D eigenvalue weighted by Crippen LogP contribution is -2.47. The molecule has 0 bridgehead atoms. The third kappa shape index (κ3) is 6.20. The summed E-state index contributed by atoms with van der Waals surface area (Å²) in [6, 6.07) is 12.0. The molecule has 2 aromatic carbocycles. The molecule has 0 aliphatic carbocycles. The number of benzene rings is 2. The predicted octanol–water partition coefficient (Wildman–Crippen LogP) is 7.07. The molecule has 1 aliphatic rings. The summed E-state index contributed by atoms with van der Waals surface area (Å²) in [5.74, 6) is 0.0558. The highest BCUT2D eigenvalue weighted by molar-refractivity contribution is 7.88. The molecule has 0 saturated carbocycles. The number of aryl methyl sites for hydroxylation is 1. The Labute approximate surface area is 207 Å². The zero-order chi connectivity index (χ0) is 25.9. The second kappa shape index (κ2) is 10.9. The molecule has 1 aliphatic heterocycles. The van der Waals surface area contributed by atoms with Crippen LogP contribution in [0.4, 0.5) is 13.2 Å². The van der Waals surface area contributed by atoms with Crippen LogP contribution in [0.2, 0.25) is 0 Å². The summed E-state index contributed by atoms with van der Waals surface area (Å²) in [5, 5.41) is 0. The summed E-state index contributed by atoms with van der Waals surface area (Å²) in [7, 11) is -5.77. The van der Waals surface area contributed by atoms with E-state index in [1.807, 2.05) is 19.1 Å². The summed E-state index contributed by atoms with van der Waals surface area (Å²) in [6.45, 7) is 11.7. The zero-order valence-corrected chi connectivity index (χ0v) is 21.8. The molecule has 4 nitrogen and oxygen atoms in total. The van der Waals surface area contributed by atoms with Gasteiger partial charge in [0.1, 0.15) is 0 Å². The monoisotopic (exact) mass is 511 g/mol. The van der Waals surface area contributed by atoms with Gasteiger partial charge in [-0.2, -0.15) is 21.6 Å². The number of piperidine rings is 1.